The molecule has 0 aliphatic rings. The summed E-state index contributed by atoms with van der Waals surface area (Å²) in [5.74, 6) is 1.10. The Bertz CT molecular complexity index is 1110. The van der Waals surface area contributed by atoms with E-state index in [0.717, 1.165) is 31.2 Å². The number of carbonyl (C=O) groups is 1. The topological polar surface area (TPSA) is 55.2 Å². The molecule has 0 saturated carbocycles. The van der Waals surface area contributed by atoms with E-state index in [2.05, 4.69) is 20.8 Å². The highest BCUT2D eigenvalue weighted by Crippen LogP contribution is 2.23. The minimum atomic E-state index is -0.299. The molecular weight excluding hydrogens is 410 g/mol. The number of amides is 1. The van der Waals surface area contributed by atoms with Crippen molar-refractivity contribution in [3.8, 4) is 0 Å². The van der Waals surface area contributed by atoms with E-state index in [1.54, 1.807) is 4.57 Å². The smallest absolute Gasteiger partial charge is 0.261 e. The third kappa shape index (κ3) is 6.31. The largest absolute Gasteiger partial charge is 0.333 e. The third-order valence-corrected chi connectivity index (χ3v) is 6.04. The number of carbonyl (C=O) groups excluding carboxylic acids is 1. The Balaban J connectivity index is 2.03. The van der Waals surface area contributed by atoms with Crippen molar-refractivity contribution in [2.75, 3.05) is 6.54 Å². The van der Waals surface area contributed by atoms with E-state index >= 15 is 0 Å². The van der Waals surface area contributed by atoms with Crippen molar-refractivity contribution >= 4 is 16.8 Å². The molecule has 176 valence electrons. The van der Waals surface area contributed by atoms with Gasteiger partial charge in [-0.05, 0) is 37.0 Å². The van der Waals surface area contributed by atoms with Gasteiger partial charge in [0.2, 0.25) is 5.91 Å². The first-order chi connectivity index (χ1) is 15.9. The molecule has 0 spiro atoms. The van der Waals surface area contributed by atoms with Gasteiger partial charge in [-0.1, -0.05) is 82.5 Å². The lowest BCUT2D eigenvalue weighted by molar-refractivity contribution is -0.134. The molecule has 2 aromatic carbocycles. The van der Waals surface area contributed by atoms with Crippen LogP contribution in [0.3, 0.4) is 0 Å². The van der Waals surface area contributed by atoms with Crippen molar-refractivity contribution < 1.29 is 4.79 Å². The molecule has 0 bridgehead atoms. The molecule has 1 amide bonds. The molecule has 3 rings (SSSR count). The second kappa shape index (κ2) is 11.8. The number of para-hydroxylation sites is 1. The summed E-state index contributed by atoms with van der Waals surface area (Å²) in [7, 11) is 0. The normalized spacial score (nSPS) is 12.3. The Labute approximate surface area is 197 Å². The molecule has 0 radical (unpaired) electrons. The Morgan fingerprint density at radius 3 is 2.36 bits per heavy atom. The zero-order valence-corrected chi connectivity index (χ0v) is 20.5. The Morgan fingerprint density at radius 1 is 0.970 bits per heavy atom. The highest BCUT2D eigenvalue weighted by atomic mass is 16.2. The van der Waals surface area contributed by atoms with Gasteiger partial charge in [0.25, 0.3) is 5.56 Å². The highest BCUT2D eigenvalue weighted by molar-refractivity contribution is 5.78. The first kappa shape index (κ1) is 24.7. The zero-order chi connectivity index (χ0) is 23.8. The fourth-order valence-electron chi connectivity index (χ4n) is 4.28. The second-order valence-electron chi connectivity index (χ2n) is 9.29. The number of benzene rings is 2. The van der Waals surface area contributed by atoms with Crippen LogP contribution in [0.25, 0.3) is 10.9 Å². The number of hydrogen-bond acceptors (Lipinski definition) is 3. The van der Waals surface area contributed by atoms with Gasteiger partial charge in [-0.3, -0.25) is 14.2 Å². The Kier molecular flexibility index (Phi) is 8.81. The second-order valence-corrected chi connectivity index (χ2v) is 9.29. The molecular formula is C28H37N3O2. The number of nitrogens with zero attached hydrogens (tertiary/aromatic N) is 3. The maximum Gasteiger partial charge on any atom is 0.261 e. The van der Waals surface area contributed by atoms with Crippen molar-refractivity contribution in [3.63, 3.8) is 0 Å². The van der Waals surface area contributed by atoms with Crippen LogP contribution in [0.1, 0.15) is 77.2 Å². The van der Waals surface area contributed by atoms with Gasteiger partial charge in [0.05, 0.1) is 23.5 Å². The average Bonchev–Trinajstić information content (AvgIpc) is 2.82. The lowest BCUT2D eigenvalue weighted by atomic mass is 10.1. The SMILES string of the molecule is CCCCCCC(=O)N(CC(C)C)C(C)c1nc2ccccc2c(=O)n1Cc1ccccc1. The van der Waals surface area contributed by atoms with Gasteiger partial charge in [-0.2, -0.15) is 0 Å². The summed E-state index contributed by atoms with van der Waals surface area (Å²) in [6.45, 7) is 9.49. The van der Waals surface area contributed by atoms with E-state index in [1.165, 1.54) is 0 Å². The van der Waals surface area contributed by atoms with Crippen LogP contribution < -0.4 is 5.56 Å². The summed E-state index contributed by atoms with van der Waals surface area (Å²) < 4.78 is 1.75. The fourth-order valence-corrected chi connectivity index (χ4v) is 4.28. The maximum atomic E-state index is 13.5. The molecule has 0 saturated heterocycles. The van der Waals surface area contributed by atoms with E-state index in [-0.39, 0.29) is 17.5 Å². The summed E-state index contributed by atoms with van der Waals surface area (Å²) in [6.07, 6.45) is 4.80. The summed E-state index contributed by atoms with van der Waals surface area (Å²) in [5, 5.41) is 0.602. The van der Waals surface area contributed by atoms with Crippen molar-refractivity contribution in [3.05, 3.63) is 76.3 Å². The molecule has 5 heteroatoms. The molecule has 0 aliphatic carbocycles. The van der Waals surface area contributed by atoms with E-state index in [9.17, 15) is 9.59 Å². The van der Waals surface area contributed by atoms with Gasteiger partial charge in [0.15, 0.2) is 0 Å². The molecule has 1 unspecified atom stereocenters. The number of aromatic nitrogens is 2. The van der Waals surface area contributed by atoms with Crippen LogP contribution in [0.5, 0.6) is 0 Å². The molecule has 3 aromatic rings. The molecule has 1 heterocycles. The van der Waals surface area contributed by atoms with Crippen LogP contribution in [-0.2, 0) is 11.3 Å². The van der Waals surface area contributed by atoms with Gasteiger partial charge in [0.1, 0.15) is 5.82 Å². The highest BCUT2D eigenvalue weighted by Gasteiger charge is 2.26. The molecule has 0 aliphatic heterocycles. The first-order valence-corrected chi connectivity index (χ1v) is 12.2. The summed E-state index contributed by atoms with van der Waals surface area (Å²) >= 11 is 0. The van der Waals surface area contributed by atoms with Crippen molar-refractivity contribution in [1.82, 2.24) is 14.5 Å². The quantitative estimate of drug-likeness (QED) is 0.341. The molecule has 0 N–H and O–H groups in total. The molecule has 1 aromatic heterocycles. The number of hydrogen-bond donors (Lipinski definition) is 0. The Hall–Kier alpha value is -2.95. The van der Waals surface area contributed by atoms with E-state index in [0.29, 0.717) is 42.2 Å². The fraction of sp³-hybridized carbons (Fsp3) is 0.464. The third-order valence-electron chi connectivity index (χ3n) is 6.04. The summed E-state index contributed by atoms with van der Waals surface area (Å²) in [6, 6.07) is 17.1. The van der Waals surface area contributed by atoms with Crippen molar-refractivity contribution in [2.45, 2.75) is 72.4 Å². The summed E-state index contributed by atoms with van der Waals surface area (Å²) in [4.78, 5) is 33.7. The monoisotopic (exact) mass is 447 g/mol. The Morgan fingerprint density at radius 2 is 1.67 bits per heavy atom. The minimum absolute atomic E-state index is 0.0637. The number of fused-ring (bicyclic) bond motifs is 1. The predicted octanol–water partition coefficient (Wildman–Crippen LogP) is 5.96. The maximum absolute atomic E-state index is 13.5. The van der Waals surface area contributed by atoms with Crippen LogP contribution in [0, 0.1) is 5.92 Å². The van der Waals surface area contributed by atoms with Crippen LogP contribution in [-0.4, -0.2) is 26.9 Å². The van der Waals surface area contributed by atoms with Crippen molar-refractivity contribution in [2.24, 2.45) is 5.92 Å². The zero-order valence-electron chi connectivity index (χ0n) is 20.5. The standard InChI is InChI=1S/C28H37N3O2/c1-5-6-7-11-18-26(32)30(19-21(2)3)22(4)27-29-25-17-13-12-16-24(25)28(33)31(27)20-23-14-9-8-10-15-23/h8-10,12-17,21-22H,5-7,11,18-20H2,1-4H3. The van der Waals surface area contributed by atoms with E-state index < -0.39 is 0 Å². The average molecular weight is 448 g/mol. The summed E-state index contributed by atoms with van der Waals surface area (Å²) in [5.41, 5.74) is 1.64. The lowest BCUT2D eigenvalue weighted by Gasteiger charge is -2.32. The van der Waals surface area contributed by atoms with Gasteiger partial charge in [-0.25, -0.2) is 4.98 Å². The lowest BCUT2D eigenvalue weighted by Crippen LogP contribution is -2.39. The molecule has 5 nitrogen and oxygen atoms in total. The molecule has 33 heavy (non-hydrogen) atoms. The number of rotatable bonds is 11. The van der Waals surface area contributed by atoms with Crippen LogP contribution in [0.2, 0.25) is 0 Å². The van der Waals surface area contributed by atoms with Crippen LogP contribution >= 0.6 is 0 Å². The van der Waals surface area contributed by atoms with Crippen molar-refractivity contribution in [1.29, 1.82) is 0 Å². The van der Waals surface area contributed by atoms with Crippen LogP contribution in [0.15, 0.2) is 59.4 Å². The predicted molar refractivity (Wildman–Crippen MR) is 135 cm³/mol. The van der Waals surface area contributed by atoms with Gasteiger partial charge in [0, 0.05) is 13.0 Å². The number of unbranched alkanes of at least 4 members (excludes halogenated alkanes) is 3. The van der Waals surface area contributed by atoms with Crippen LogP contribution in [0.4, 0.5) is 0 Å². The molecule has 1 atom stereocenters. The van der Waals surface area contributed by atoms with Gasteiger partial charge in [-0.15, -0.1) is 0 Å². The van der Waals surface area contributed by atoms with Gasteiger partial charge >= 0.3 is 0 Å². The van der Waals surface area contributed by atoms with E-state index in [4.69, 9.17) is 4.98 Å². The minimum Gasteiger partial charge on any atom is -0.333 e. The van der Waals surface area contributed by atoms with Gasteiger partial charge < -0.3 is 4.90 Å². The van der Waals surface area contributed by atoms with E-state index in [1.807, 2.05) is 66.4 Å². The molecule has 0 fully saturated rings. The first-order valence-electron chi connectivity index (χ1n) is 12.2.